The molecule has 1 aromatic rings. The molecule has 4 heteroatoms. The molecule has 1 unspecified atom stereocenters. The van der Waals surface area contributed by atoms with E-state index in [1.807, 2.05) is 19.2 Å². The van der Waals surface area contributed by atoms with Crippen LogP contribution in [0.5, 0.6) is 0 Å². The highest BCUT2D eigenvalue weighted by Gasteiger charge is 2.22. The second kappa shape index (κ2) is 4.75. The fraction of sp³-hybridized carbons (Fsp3) is 0.462. The SMILES string of the molecule is CCOC(=O)C(O)c1ccc2c(c1)N(C)CC2. The summed E-state index contributed by atoms with van der Waals surface area (Å²) in [5.74, 6) is -0.590. The Hall–Kier alpha value is -1.55. The van der Waals surface area contributed by atoms with Gasteiger partial charge in [0.15, 0.2) is 6.10 Å². The van der Waals surface area contributed by atoms with Gasteiger partial charge in [-0.2, -0.15) is 0 Å². The summed E-state index contributed by atoms with van der Waals surface area (Å²) in [6, 6.07) is 5.63. The molecule has 0 spiro atoms. The molecule has 0 radical (unpaired) electrons. The summed E-state index contributed by atoms with van der Waals surface area (Å²) >= 11 is 0. The number of nitrogens with zero attached hydrogens (tertiary/aromatic N) is 1. The standard InChI is InChI=1S/C13H17NO3/c1-3-17-13(16)12(15)10-5-4-9-6-7-14(2)11(9)8-10/h4-5,8,12,15H,3,6-7H2,1-2H3. The average Bonchev–Trinajstić information content (AvgIpc) is 2.70. The number of carbonyl (C=O) groups excluding carboxylic acids is 1. The number of ether oxygens (including phenoxy) is 1. The number of hydrogen-bond donors (Lipinski definition) is 1. The minimum Gasteiger partial charge on any atom is -0.464 e. The van der Waals surface area contributed by atoms with E-state index in [9.17, 15) is 9.90 Å². The molecule has 0 bridgehead atoms. The minimum atomic E-state index is -1.19. The molecule has 0 saturated heterocycles. The lowest BCUT2D eigenvalue weighted by molar-refractivity contribution is -0.153. The number of aliphatic hydroxyl groups is 1. The summed E-state index contributed by atoms with van der Waals surface area (Å²) in [6.07, 6.45) is -0.170. The number of hydrogen-bond acceptors (Lipinski definition) is 4. The van der Waals surface area contributed by atoms with Gasteiger partial charge in [-0.3, -0.25) is 0 Å². The first-order valence-corrected chi connectivity index (χ1v) is 5.82. The number of anilines is 1. The summed E-state index contributed by atoms with van der Waals surface area (Å²) in [4.78, 5) is 13.6. The molecule has 2 rings (SSSR count). The third-order valence-electron chi connectivity index (χ3n) is 3.06. The van der Waals surface area contributed by atoms with E-state index in [4.69, 9.17) is 4.74 Å². The van der Waals surface area contributed by atoms with E-state index in [1.165, 1.54) is 5.56 Å². The lowest BCUT2D eigenvalue weighted by atomic mass is 10.0. The number of carbonyl (C=O) groups is 1. The summed E-state index contributed by atoms with van der Waals surface area (Å²) < 4.78 is 4.80. The molecule has 1 aromatic carbocycles. The number of benzene rings is 1. The summed E-state index contributed by atoms with van der Waals surface area (Å²) in [6.45, 7) is 2.98. The fourth-order valence-corrected chi connectivity index (χ4v) is 2.08. The van der Waals surface area contributed by atoms with E-state index < -0.39 is 12.1 Å². The van der Waals surface area contributed by atoms with Crippen LogP contribution in [0.15, 0.2) is 18.2 Å². The van der Waals surface area contributed by atoms with Crippen molar-refractivity contribution in [1.29, 1.82) is 0 Å². The first-order valence-electron chi connectivity index (χ1n) is 5.82. The van der Waals surface area contributed by atoms with Crippen molar-refractivity contribution in [3.63, 3.8) is 0 Å². The number of likely N-dealkylation sites (N-methyl/N-ethyl adjacent to an activating group) is 1. The maximum atomic E-state index is 11.4. The summed E-state index contributed by atoms with van der Waals surface area (Å²) in [5.41, 5.74) is 2.94. The molecule has 0 aliphatic carbocycles. The largest absolute Gasteiger partial charge is 0.464 e. The van der Waals surface area contributed by atoms with E-state index >= 15 is 0 Å². The van der Waals surface area contributed by atoms with Crippen LogP contribution in [0.25, 0.3) is 0 Å². The average molecular weight is 235 g/mol. The molecule has 0 aromatic heterocycles. The van der Waals surface area contributed by atoms with Crippen LogP contribution in [0.1, 0.15) is 24.2 Å². The van der Waals surface area contributed by atoms with Crippen LogP contribution in [0, 0.1) is 0 Å². The Labute approximate surface area is 101 Å². The van der Waals surface area contributed by atoms with Crippen molar-refractivity contribution < 1.29 is 14.6 Å². The zero-order chi connectivity index (χ0) is 12.4. The van der Waals surface area contributed by atoms with Crippen molar-refractivity contribution in [2.45, 2.75) is 19.4 Å². The highest BCUT2D eigenvalue weighted by molar-refractivity contribution is 5.77. The summed E-state index contributed by atoms with van der Waals surface area (Å²) in [5, 5.41) is 9.84. The van der Waals surface area contributed by atoms with Gasteiger partial charge in [0.1, 0.15) is 0 Å². The maximum Gasteiger partial charge on any atom is 0.339 e. The first kappa shape index (κ1) is 11.9. The van der Waals surface area contributed by atoms with Gasteiger partial charge in [-0.05, 0) is 30.5 Å². The topological polar surface area (TPSA) is 49.8 Å². The Bertz CT molecular complexity index is 431. The maximum absolute atomic E-state index is 11.4. The van der Waals surface area contributed by atoms with Gasteiger partial charge in [0.25, 0.3) is 0 Å². The van der Waals surface area contributed by atoms with Gasteiger partial charge in [-0.1, -0.05) is 12.1 Å². The van der Waals surface area contributed by atoms with Crippen LogP contribution < -0.4 is 4.90 Å². The van der Waals surface area contributed by atoms with E-state index in [0.29, 0.717) is 5.56 Å². The van der Waals surface area contributed by atoms with Crippen molar-refractivity contribution in [3.05, 3.63) is 29.3 Å². The van der Waals surface area contributed by atoms with Gasteiger partial charge in [0.05, 0.1) is 6.61 Å². The van der Waals surface area contributed by atoms with Gasteiger partial charge in [-0.25, -0.2) is 4.79 Å². The minimum absolute atomic E-state index is 0.279. The fourth-order valence-electron chi connectivity index (χ4n) is 2.08. The number of fused-ring (bicyclic) bond motifs is 1. The van der Waals surface area contributed by atoms with Gasteiger partial charge in [-0.15, -0.1) is 0 Å². The molecule has 0 saturated carbocycles. The second-order valence-electron chi connectivity index (χ2n) is 4.21. The molecule has 4 nitrogen and oxygen atoms in total. The normalized spacial score (nSPS) is 15.6. The molecule has 1 atom stereocenters. The van der Waals surface area contributed by atoms with Crippen LogP contribution in [-0.4, -0.2) is 31.3 Å². The van der Waals surface area contributed by atoms with Crippen LogP contribution in [0.4, 0.5) is 5.69 Å². The molecular weight excluding hydrogens is 218 g/mol. The van der Waals surface area contributed by atoms with Gasteiger partial charge < -0.3 is 14.7 Å². The Kier molecular flexibility index (Phi) is 3.33. The third-order valence-corrected chi connectivity index (χ3v) is 3.06. The van der Waals surface area contributed by atoms with Crippen LogP contribution in [0.3, 0.4) is 0 Å². The molecule has 1 aliphatic rings. The van der Waals surface area contributed by atoms with Crippen LogP contribution in [0.2, 0.25) is 0 Å². The Morgan fingerprint density at radius 1 is 1.59 bits per heavy atom. The highest BCUT2D eigenvalue weighted by atomic mass is 16.5. The number of aliphatic hydroxyl groups excluding tert-OH is 1. The van der Waals surface area contributed by atoms with Crippen LogP contribution >= 0.6 is 0 Å². The zero-order valence-electron chi connectivity index (χ0n) is 10.1. The Morgan fingerprint density at radius 2 is 2.35 bits per heavy atom. The van der Waals surface area contributed by atoms with Crippen molar-refractivity contribution in [2.24, 2.45) is 0 Å². The molecular formula is C13H17NO3. The number of rotatable bonds is 3. The molecule has 0 fully saturated rings. The number of esters is 1. The highest BCUT2D eigenvalue weighted by Crippen LogP contribution is 2.29. The molecule has 1 heterocycles. The molecule has 0 amide bonds. The van der Waals surface area contributed by atoms with Crippen molar-refractivity contribution in [1.82, 2.24) is 0 Å². The van der Waals surface area contributed by atoms with Gasteiger partial charge in [0, 0.05) is 19.3 Å². The molecule has 1 aliphatic heterocycles. The summed E-state index contributed by atoms with van der Waals surface area (Å²) in [7, 11) is 2.01. The molecule has 92 valence electrons. The Morgan fingerprint density at radius 3 is 3.06 bits per heavy atom. The quantitative estimate of drug-likeness (QED) is 0.802. The van der Waals surface area contributed by atoms with Crippen molar-refractivity contribution >= 4 is 11.7 Å². The van der Waals surface area contributed by atoms with Crippen LogP contribution in [-0.2, 0) is 16.0 Å². The lowest BCUT2D eigenvalue weighted by Gasteiger charge is -2.15. The zero-order valence-corrected chi connectivity index (χ0v) is 10.1. The smallest absolute Gasteiger partial charge is 0.339 e. The predicted octanol–water partition coefficient (Wildman–Crippen LogP) is 1.28. The molecule has 17 heavy (non-hydrogen) atoms. The van der Waals surface area contributed by atoms with Gasteiger partial charge in [0.2, 0.25) is 0 Å². The van der Waals surface area contributed by atoms with Gasteiger partial charge >= 0.3 is 5.97 Å². The van der Waals surface area contributed by atoms with Crippen molar-refractivity contribution in [2.75, 3.05) is 25.1 Å². The second-order valence-corrected chi connectivity index (χ2v) is 4.21. The third kappa shape index (κ3) is 2.26. The first-order chi connectivity index (χ1) is 8.13. The van der Waals surface area contributed by atoms with E-state index in [2.05, 4.69) is 4.90 Å². The lowest BCUT2D eigenvalue weighted by Crippen LogP contribution is -2.16. The van der Waals surface area contributed by atoms with E-state index in [0.717, 1.165) is 18.7 Å². The predicted molar refractivity (Wildman–Crippen MR) is 65.0 cm³/mol. The van der Waals surface area contributed by atoms with E-state index in [1.54, 1.807) is 13.0 Å². The molecule has 1 N–H and O–H groups in total. The van der Waals surface area contributed by atoms with E-state index in [-0.39, 0.29) is 6.61 Å². The van der Waals surface area contributed by atoms with Crippen molar-refractivity contribution in [3.8, 4) is 0 Å². The Balaban J connectivity index is 2.23. The monoisotopic (exact) mass is 235 g/mol.